The third-order valence-corrected chi connectivity index (χ3v) is 0.553. The second kappa shape index (κ2) is 5.04. The molecule has 0 unspecified atom stereocenters. The van der Waals surface area contributed by atoms with E-state index in [9.17, 15) is 9.59 Å². The van der Waals surface area contributed by atoms with Gasteiger partial charge in [-0.15, -0.1) is 0 Å². The van der Waals surface area contributed by atoms with Crippen LogP contribution in [-0.2, 0) is 9.59 Å². The van der Waals surface area contributed by atoms with E-state index in [-0.39, 0.29) is 19.0 Å². The second-order valence-corrected chi connectivity index (χ2v) is 1.29. The van der Waals surface area contributed by atoms with Crippen LogP contribution >= 0.6 is 0 Å². The Morgan fingerprint density at radius 2 is 1.22 bits per heavy atom. The highest BCUT2D eigenvalue weighted by Crippen LogP contribution is 1.85. The number of rotatable bonds is 3. The first-order valence-corrected chi connectivity index (χ1v) is 2.06. The quantitative estimate of drug-likeness (QED) is 0.518. The SMILES string of the molecule is O=C(O)CCC(=O)O.[NH4+]. The summed E-state index contributed by atoms with van der Waals surface area (Å²) in [6.45, 7) is 0. The second-order valence-electron chi connectivity index (χ2n) is 1.29. The average Bonchev–Trinajstić information content (AvgIpc) is 1.61. The number of quaternary nitrogens is 1. The van der Waals surface area contributed by atoms with Gasteiger partial charge < -0.3 is 16.4 Å². The molecule has 0 aromatic carbocycles. The van der Waals surface area contributed by atoms with E-state index in [0.717, 1.165) is 0 Å². The van der Waals surface area contributed by atoms with Crippen LogP contribution in [0.15, 0.2) is 0 Å². The van der Waals surface area contributed by atoms with Gasteiger partial charge in [0, 0.05) is 0 Å². The Labute approximate surface area is 51.9 Å². The van der Waals surface area contributed by atoms with Gasteiger partial charge in [-0.3, -0.25) is 9.59 Å². The van der Waals surface area contributed by atoms with Gasteiger partial charge in [0.15, 0.2) is 0 Å². The van der Waals surface area contributed by atoms with Crippen molar-refractivity contribution in [3.63, 3.8) is 0 Å². The normalized spacial score (nSPS) is 7.56. The van der Waals surface area contributed by atoms with Gasteiger partial charge in [0.25, 0.3) is 0 Å². The summed E-state index contributed by atoms with van der Waals surface area (Å²) in [6, 6.07) is 0. The molecule has 0 aliphatic carbocycles. The van der Waals surface area contributed by atoms with E-state index in [1.807, 2.05) is 0 Å². The molecule has 54 valence electrons. The Morgan fingerprint density at radius 3 is 1.33 bits per heavy atom. The minimum atomic E-state index is -1.08. The van der Waals surface area contributed by atoms with Gasteiger partial charge in [-0.2, -0.15) is 0 Å². The van der Waals surface area contributed by atoms with Crippen LogP contribution in [0.3, 0.4) is 0 Å². The number of carboxylic acids is 2. The van der Waals surface area contributed by atoms with Crippen LogP contribution in [0.4, 0.5) is 0 Å². The van der Waals surface area contributed by atoms with Gasteiger partial charge in [0.2, 0.25) is 0 Å². The molecular formula is C4H10NO4+. The average molecular weight is 136 g/mol. The zero-order valence-electron chi connectivity index (χ0n) is 5.13. The Bertz CT molecular complexity index is 97.1. The Hall–Kier alpha value is -1.10. The first-order chi connectivity index (χ1) is 3.63. The molecule has 0 rings (SSSR count). The third-order valence-electron chi connectivity index (χ3n) is 0.553. The lowest BCUT2D eigenvalue weighted by atomic mass is 10.3. The molecule has 9 heavy (non-hydrogen) atoms. The molecule has 0 aliphatic rings. The van der Waals surface area contributed by atoms with Crippen LogP contribution < -0.4 is 6.15 Å². The van der Waals surface area contributed by atoms with Crippen LogP contribution in [0.1, 0.15) is 12.8 Å². The lowest BCUT2D eigenvalue weighted by molar-refractivity contribution is -0.143. The largest absolute Gasteiger partial charge is 0.481 e. The van der Waals surface area contributed by atoms with Crippen LogP contribution in [0.25, 0.3) is 0 Å². The van der Waals surface area contributed by atoms with Crippen molar-refractivity contribution in [2.24, 2.45) is 0 Å². The molecule has 5 nitrogen and oxygen atoms in total. The summed E-state index contributed by atoms with van der Waals surface area (Å²) in [4.78, 5) is 19.3. The molecule has 0 radical (unpaired) electrons. The van der Waals surface area contributed by atoms with Crippen molar-refractivity contribution < 1.29 is 19.8 Å². The maximum atomic E-state index is 9.64. The summed E-state index contributed by atoms with van der Waals surface area (Å²) in [6.07, 6.45) is -0.593. The molecule has 0 spiro atoms. The van der Waals surface area contributed by atoms with Crippen molar-refractivity contribution in [1.82, 2.24) is 6.15 Å². The summed E-state index contributed by atoms with van der Waals surface area (Å²) in [7, 11) is 0. The van der Waals surface area contributed by atoms with E-state index in [0.29, 0.717) is 0 Å². The van der Waals surface area contributed by atoms with E-state index in [1.54, 1.807) is 0 Å². The van der Waals surface area contributed by atoms with Gasteiger partial charge in [-0.05, 0) is 0 Å². The highest BCUT2D eigenvalue weighted by Gasteiger charge is 2.00. The standard InChI is InChI=1S/C4H6O4.H3N/c5-3(6)1-2-4(7)8;/h1-2H2,(H,5,6)(H,7,8);1H3/p+1. The smallest absolute Gasteiger partial charge is 0.303 e. The Kier molecular flexibility index (Phi) is 6.06. The fourth-order valence-electron chi connectivity index (χ4n) is 0.214. The molecule has 0 aromatic heterocycles. The number of hydrogen-bond donors (Lipinski definition) is 3. The van der Waals surface area contributed by atoms with Crippen molar-refractivity contribution >= 4 is 11.9 Å². The molecule has 0 heterocycles. The van der Waals surface area contributed by atoms with E-state index in [2.05, 4.69) is 0 Å². The molecule has 0 saturated heterocycles. The zero-order valence-corrected chi connectivity index (χ0v) is 5.13. The molecule has 0 amide bonds. The molecule has 5 heteroatoms. The molecule has 0 atom stereocenters. The van der Waals surface area contributed by atoms with Crippen molar-refractivity contribution in [3.05, 3.63) is 0 Å². The molecule has 0 saturated carbocycles. The van der Waals surface area contributed by atoms with Gasteiger partial charge in [-0.25, -0.2) is 0 Å². The lowest BCUT2D eigenvalue weighted by Crippen LogP contribution is -2.00. The van der Waals surface area contributed by atoms with Crippen molar-refractivity contribution in [2.45, 2.75) is 12.8 Å². The minimum Gasteiger partial charge on any atom is -0.481 e. The molecular weight excluding hydrogens is 126 g/mol. The Balaban J connectivity index is 0. The highest BCUT2D eigenvalue weighted by atomic mass is 16.4. The first kappa shape index (κ1) is 10.8. The van der Waals surface area contributed by atoms with E-state index in [1.165, 1.54) is 0 Å². The molecule has 0 bridgehead atoms. The van der Waals surface area contributed by atoms with Crippen molar-refractivity contribution in [1.29, 1.82) is 0 Å². The van der Waals surface area contributed by atoms with E-state index < -0.39 is 11.9 Å². The predicted octanol–water partition coefficient (Wildman–Crippen LogP) is 0.312. The van der Waals surface area contributed by atoms with Gasteiger partial charge in [0.1, 0.15) is 0 Å². The zero-order chi connectivity index (χ0) is 6.57. The number of carboxylic acid groups (broad SMARTS) is 2. The fraction of sp³-hybridized carbons (Fsp3) is 0.500. The molecule has 0 aromatic rings. The van der Waals surface area contributed by atoms with Gasteiger partial charge in [-0.1, -0.05) is 0 Å². The maximum absolute atomic E-state index is 9.64. The summed E-state index contributed by atoms with van der Waals surface area (Å²) in [5, 5.41) is 15.8. The van der Waals surface area contributed by atoms with Crippen molar-refractivity contribution in [2.75, 3.05) is 0 Å². The van der Waals surface area contributed by atoms with E-state index in [4.69, 9.17) is 10.2 Å². The predicted molar refractivity (Wildman–Crippen MR) is 30.5 cm³/mol. The summed E-state index contributed by atoms with van der Waals surface area (Å²) < 4.78 is 0. The van der Waals surface area contributed by atoms with Crippen molar-refractivity contribution in [3.8, 4) is 0 Å². The van der Waals surface area contributed by atoms with Gasteiger partial charge >= 0.3 is 11.9 Å². The topological polar surface area (TPSA) is 111 Å². The van der Waals surface area contributed by atoms with Crippen LogP contribution in [-0.4, -0.2) is 22.2 Å². The monoisotopic (exact) mass is 136 g/mol. The number of carbonyl (C=O) groups is 2. The molecule has 0 fully saturated rings. The number of hydrogen-bond acceptors (Lipinski definition) is 2. The first-order valence-electron chi connectivity index (χ1n) is 2.06. The van der Waals surface area contributed by atoms with Crippen LogP contribution in [0, 0.1) is 0 Å². The minimum absolute atomic E-state index is 0. The van der Waals surface area contributed by atoms with Crippen LogP contribution in [0.2, 0.25) is 0 Å². The molecule has 6 N–H and O–H groups in total. The highest BCUT2D eigenvalue weighted by molar-refractivity contribution is 5.75. The maximum Gasteiger partial charge on any atom is 0.303 e. The Morgan fingerprint density at radius 1 is 1.00 bits per heavy atom. The number of aliphatic carboxylic acids is 2. The molecule has 0 aliphatic heterocycles. The lowest BCUT2D eigenvalue weighted by Gasteiger charge is -1.85. The third kappa shape index (κ3) is 10.9. The van der Waals surface area contributed by atoms with Gasteiger partial charge in [0.05, 0.1) is 12.8 Å². The summed E-state index contributed by atoms with van der Waals surface area (Å²) in [5.41, 5.74) is 0. The fourth-order valence-corrected chi connectivity index (χ4v) is 0.214. The summed E-state index contributed by atoms with van der Waals surface area (Å²) in [5.74, 6) is -2.15. The van der Waals surface area contributed by atoms with Crippen LogP contribution in [0.5, 0.6) is 0 Å². The summed E-state index contributed by atoms with van der Waals surface area (Å²) >= 11 is 0. The van der Waals surface area contributed by atoms with E-state index >= 15 is 0 Å².